The Morgan fingerprint density at radius 3 is 2.94 bits per heavy atom. The van der Waals surface area contributed by atoms with Crippen LogP contribution in [0.4, 0.5) is 5.69 Å². The minimum Gasteiger partial charge on any atom is -0.384 e. The van der Waals surface area contributed by atoms with Crippen LogP contribution in [0.15, 0.2) is 18.2 Å². The van der Waals surface area contributed by atoms with Crippen molar-refractivity contribution in [2.75, 3.05) is 18.0 Å². The molecule has 1 aromatic carbocycles. The summed E-state index contributed by atoms with van der Waals surface area (Å²) in [4.78, 5) is 2.42. The van der Waals surface area contributed by atoms with Crippen molar-refractivity contribution in [2.24, 2.45) is 11.7 Å². The van der Waals surface area contributed by atoms with Gasteiger partial charge in [0.2, 0.25) is 0 Å². The zero-order chi connectivity index (χ0) is 13.1. The van der Waals surface area contributed by atoms with Gasteiger partial charge in [0.05, 0.1) is 5.69 Å². The molecule has 0 radical (unpaired) electrons. The molecule has 3 heteroatoms. The molecule has 0 bridgehead atoms. The zero-order valence-electron chi connectivity index (χ0n) is 11.4. The standard InChI is InChI=1S/C15H23N3/c1-3-12-7-5-9-18(10-12)14-11(2)6-4-8-13(14)15(16)17/h4,6,8,12H,3,5,7,9-10H2,1-2H3,(H3,16,17). The first-order valence-corrected chi connectivity index (χ1v) is 6.82. The molecule has 1 aromatic rings. The van der Waals surface area contributed by atoms with Crippen molar-refractivity contribution >= 4 is 11.5 Å². The van der Waals surface area contributed by atoms with Crippen LogP contribution in [0.25, 0.3) is 0 Å². The number of nitrogens with one attached hydrogen (secondary N) is 1. The van der Waals surface area contributed by atoms with Crippen LogP contribution in [0.3, 0.4) is 0 Å². The molecule has 1 fully saturated rings. The fraction of sp³-hybridized carbons (Fsp3) is 0.533. The molecule has 1 aliphatic heterocycles. The van der Waals surface area contributed by atoms with E-state index in [2.05, 4.69) is 24.8 Å². The lowest BCUT2D eigenvalue weighted by molar-refractivity contribution is 0.404. The lowest BCUT2D eigenvalue weighted by atomic mass is 9.94. The molecule has 3 N–H and O–H groups in total. The zero-order valence-corrected chi connectivity index (χ0v) is 11.4. The van der Waals surface area contributed by atoms with Gasteiger partial charge >= 0.3 is 0 Å². The molecule has 0 aliphatic carbocycles. The lowest BCUT2D eigenvalue weighted by Crippen LogP contribution is -2.37. The summed E-state index contributed by atoms with van der Waals surface area (Å²) in [7, 11) is 0. The average Bonchev–Trinajstić information content (AvgIpc) is 2.38. The fourth-order valence-corrected chi connectivity index (χ4v) is 2.90. The Morgan fingerprint density at radius 2 is 2.28 bits per heavy atom. The Kier molecular flexibility index (Phi) is 3.90. The number of nitrogens with zero attached hydrogens (tertiary/aromatic N) is 1. The molecule has 3 nitrogen and oxygen atoms in total. The minimum atomic E-state index is 0.173. The number of nitrogens with two attached hydrogens (primary N) is 1. The van der Waals surface area contributed by atoms with Gasteiger partial charge < -0.3 is 10.6 Å². The Bertz CT molecular complexity index is 439. The van der Waals surface area contributed by atoms with Crippen molar-refractivity contribution in [3.05, 3.63) is 29.3 Å². The van der Waals surface area contributed by atoms with Crippen LogP contribution >= 0.6 is 0 Å². The first-order valence-electron chi connectivity index (χ1n) is 6.82. The summed E-state index contributed by atoms with van der Waals surface area (Å²) in [5.74, 6) is 0.950. The van der Waals surface area contributed by atoms with E-state index in [0.29, 0.717) is 0 Å². The lowest BCUT2D eigenvalue weighted by Gasteiger charge is -2.36. The SMILES string of the molecule is CCC1CCCN(c2c(C)cccc2C(=N)N)C1. The highest BCUT2D eigenvalue weighted by atomic mass is 15.1. The third-order valence-electron chi connectivity index (χ3n) is 3.94. The Morgan fingerprint density at radius 1 is 1.50 bits per heavy atom. The van der Waals surface area contributed by atoms with Gasteiger partial charge in [0, 0.05) is 18.7 Å². The molecular formula is C15H23N3. The minimum absolute atomic E-state index is 0.173. The highest BCUT2D eigenvalue weighted by Gasteiger charge is 2.22. The average molecular weight is 245 g/mol. The van der Waals surface area contributed by atoms with E-state index in [9.17, 15) is 0 Å². The predicted octanol–water partition coefficient (Wildman–Crippen LogP) is 2.91. The molecule has 98 valence electrons. The van der Waals surface area contributed by atoms with E-state index in [1.165, 1.54) is 30.5 Å². The number of rotatable bonds is 3. The van der Waals surface area contributed by atoms with E-state index in [1.54, 1.807) is 0 Å². The van der Waals surface area contributed by atoms with Crippen molar-refractivity contribution in [1.29, 1.82) is 5.41 Å². The van der Waals surface area contributed by atoms with Gasteiger partial charge in [-0.3, -0.25) is 5.41 Å². The van der Waals surface area contributed by atoms with Gasteiger partial charge in [-0.1, -0.05) is 25.5 Å². The highest BCUT2D eigenvalue weighted by molar-refractivity contribution is 6.01. The van der Waals surface area contributed by atoms with Crippen molar-refractivity contribution < 1.29 is 0 Å². The van der Waals surface area contributed by atoms with Gasteiger partial charge in [0.25, 0.3) is 0 Å². The van der Waals surface area contributed by atoms with Crippen LogP contribution in [0, 0.1) is 18.3 Å². The third kappa shape index (κ3) is 2.50. The summed E-state index contributed by atoms with van der Waals surface area (Å²) in [6, 6.07) is 6.05. The molecule has 0 spiro atoms. The highest BCUT2D eigenvalue weighted by Crippen LogP contribution is 2.30. The first kappa shape index (κ1) is 12.9. The molecule has 1 heterocycles. The van der Waals surface area contributed by atoms with Gasteiger partial charge in [0.1, 0.15) is 5.84 Å². The summed E-state index contributed by atoms with van der Waals surface area (Å²) >= 11 is 0. The van der Waals surface area contributed by atoms with E-state index in [1.807, 2.05) is 12.1 Å². The first-order chi connectivity index (χ1) is 8.63. The smallest absolute Gasteiger partial charge is 0.124 e. The van der Waals surface area contributed by atoms with Gasteiger partial charge in [-0.05, 0) is 37.3 Å². The molecule has 0 saturated carbocycles. The molecule has 0 aromatic heterocycles. The summed E-state index contributed by atoms with van der Waals surface area (Å²) in [5, 5.41) is 7.74. The largest absolute Gasteiger partial charge is 0.384 e. The van der Waals surface area contributed by atoms with E-state index >= 15 is 0 Å². The maximum absolute atomic E-state index is 7.74. The van der Waals surface area contributed by atoms with Crippen LogP contribution in [-0.2, 0) is 0 Å². The number of hydrogen-bond acceptors (Lipinski definition) is 2. The molecule has 18 heavy (non-hydrogen) atoms. The van der Waals surface area contributed by atoms with Crippen LogP contribution in [0.2, 0.25) is 0 Å². The van der Waals surface area contributed by atoms with Crippen molar-refractivity contribution in [1.82, 2.24) is 0 Å². The molecule has 2 rings (SSSR count). The van der Waals surface area contributed by atoms with Crippen LogP contribution in [0.1, 0.15) is 37.3 Å². The molecule has 1 atom stereocenters. The molecule has 0 amide bonds. The van der Waals surface area contributed by atoms with Crippen molar-refractivity contribution in [2.45, 2.75) is 33.1 Å². The van der Waals surface area contributed by atoms with Crippen molar-refractivity contribution in [3.63, 3.8) is 0 Å². The second-order valence-electron chi connectivity index (χ2n) is 5.25. The van der Waals surface area contributed by atoms with Crippen LogP contribution in [0.5, 0.6) is 0 Å². The van der Waals surface area contributed by atoms with E-state index in [4.69, 9.17) is 11.1 Å². The normalized spacial score (nSPS) is 19.9. The Labute approximate surface area is 109 Å². The maximum atomic E-state index is 7.74. The van der Waals surface area contributed by atoms with E-state index in [0.717, 1.165) is 24.6 Å². The number of hydrogen-bond donors (Lipinski definition) is 2. The number of amidine groups is 1. The number of para-hydroxylation sites is 1. The van der Waals surface area contributed by atoms with E-state index in [-0.39, 0.29) is 5.84 Å². The van der Waals surface area contributed by atoms with Gasteiger partial charge in [-0.2, -0.15) is 0 Å². The van der Waals surface area contributed by atoms with Gasteiger partial charge in [-0.25, -0.2) is 0 Å². The maximum Gasteiger partial charge on any atom is 0.124 e. The van der Waals surface area contributed by atoms with Crippen LogP contribution in [-0.4, -0.2) is 18.9 Å². The summed E-state index contributed by atoms with van der Waals surface area (Å²) < 4.78 is 0. The second-order valence-corrected chi connectivity index (χ2v) is 5.25. The number of aryl methyl sites for hydroxylation is 1. The number of benzene rings is 1. The number of anilines is 1. The van der Waals surface area contributed by atoms with Gasteiger partial charge in [-0.15, -0.1) is 0 Å². The Hall–Kier alpha value is -1.51. The molecule has 1 saturated heterocycles. The van der Waals surface area contributed by atoms with Crippen LogP contribution < -0.4 is 10.6 Å². The quantitative estimate of drug-likeness (QED) is 0.635. The number of nitrogen functional groups attached to an aromatic ring is 1. The molecule has 1 unspecified atom stereocenters. The monoisotopic (exact) mass is 245 g/mol. The Balaban J connectivity index is 2.34. The van der Waals surface area contributed by atoms with Gasteiger partial charge in [0.15, 0.2) is 0 Å². The topological polar surface area (TPSA) is 53.1 Å². The van der Waals surface area contributed by atoms with E-state index < -0.39 is 0 Å². The number of piperidine rings is 1. The van der Waals surface area contributed by atoms with Crippen molar-refractivity contribution in [3.8, 4) is 0 Å². The predicted molar refractivity (Wildman–Crippen MR) is 77.4 cm³/mol. The second kappa shape index (κ2) is 5.42. The summed E-state index contributed by atoms with van der Waals surface area (Å²) in [5.41, 5.74) is 8.99. The summed E-state index contributed by atoms with van der Waals surface area (Å²) in [6.45, 7) is 6.55. The molecular weight excluding hydrogens is 222 g/mol. The fourth-order valence-electron chi connectivity index (χ4n) is 2.90. The molecule has 1 aliphatic rings. The third-order valence-corrected chi connectivity index (χ3v) is 3.94. The summed E-state index contributed by atoms with van der Waals surface area (Å²) in [6.07, 6.45) is 3.80.